The Bertz CT molecular complexity index is 587. The Balaban J connectivity index is 2.60. The molecule has 0 aliphatic rings. The summed E-state index contributed by atoms with van der Waals surface area (Å²) in [5, 5.41) is 9.10. The quantitative estimate of drug-likeness (QED) is 0.815. The smallest absolute Gasteiger partial charge is 0.328 e. The van der Waals surface area contributed by atoms with Crippen molar-refractivity contribution in [1.29, 1.82) is 0 Å². The van der Waals surface area contributed by atoms with E-state index < -0.39 is 5.97 Å². The monoisotopic (exact) mass is 236 g/mol. The van der Waals surface area contributed by atoms with Crippen molar-refractivity contribution in [3.05, 3.63) is 35.1 Å². The molecular formula is C11H9ClN2O2. The van der Waals surface area contributed by atoms with Crippen LogP contribution in [0, 0.1) is 0 Å². The topological polar surface area (TPSA) is 55.1 Å². The number of carboxylic acid groups (broad SMARTS) is 1. The first-order valence-corrected chi connectivity index (χ1v) is 4.99. The molecule has 0 radical (unpaired) electrons. The van der Waals surface area contributed by atoms with Crippen LogP contribution in [0.3, 0.4) is 0 Å². The predicted octanol–water partition coefficient (Wildman–Crippen LogP) is 2.32. The lowest BCUT2D eigenvalue weighted by molar-refractivity contribution is -0.131. The van der Waals surface area contributed by atoms with Crippen molar-refractivity contribution in [2.24, 2.45) is 7.05 Å². The van der Waals surface area contributed by atoms with Gasteiger partial charge >= 0.3 is 5.97 Å². The first-order chi connectivity index (χ1) is 7.59. The summed E-state index contributed by atoms with van der Waals surface area (Å²) >= 11 is 5.99. The number of benzene rings is 1. The second-order valence-corrected chi connectivity index (χ2v) is 3.72. The van der Waals surface area contributed by atoms with Crippen LogP contribution in [0.4, 0.5) is 0 Å². The Labute approximate surface area is 96.8 Å². The van der Waals surface area contributed by atoms with Gasteiger partial charge in [0, 0.05) is 13.1 Å². The molecule has 4 nitrogen and oxygen atoms in total. The minimum absolute atomic E-state index is 0.558. The molecule has 0 spiro atoms. The molecule has 0 unspecified atom stereocenters. The Hall–Kier alpha value is -1.81. The van der Waals surface area contributed by atoms with Crippen LogP contribution in [-0.2, 0) is 11.8 Å². The highest BCUT2D eigenvalue weighted by molar-refractivity contribution is 6.34. The van der Waals surface area contributed by atoms with E-state index in [0.717, 1.165) is 11.6 Å². The number of rotatable bonds is 2. The highest BCUT2D eigenvalue weighted by Crippen LogP contribution is 2.23. The molecule has 0 fully saturated rings. The molecule has 2 aromatic rings. The third-order valence-corrected chi connectivity index (χ3v) is 2.58. The van der Waals surface area contributed by atoms with Crippen LogP contribution in [-0.4, -0.2) is 20.6 Å². The van der Waals surface area contributed by atoms with Crippen LogP contribution < -0.4 is 0 Å². The number of hydrogen-bond acceptors (Lipinski definition) is 2. The molecule has 1 heterocycles. The molecule has 0 atom stereocenters. The number of halogens is 1. The maximum atomic E-state index is 10.4. The summed E-state index contributed by atoms with van der Waals surface area (Å²) in [7, 11) is 1.81. The largest absolute Gasteiger partial charge is 0.478 e. The van der Waals surface area contributed by atoms with Gasteiger partial charge in [0.05, 0.1) is 10.5 Å². The molecule has 0 saturated carbocycles. The lowest BCUT2D eigenvalue weighted by Crippen LogP contribution is -1.92. The molecule has 16 heavy (non-hydrogen) atoms. The number of aromatic nitrogens is 2. The summed E-state index contributed by atoms with van der Waals surface area (Å²) in [6.07, 6.45) is 2.49. The van der Waals surface area contributed by atoms with Gasteiger partial charge in [-0.25, -0.2) is 9.78 Å². The van der Waals surface area contributed by atoms with E-state index >= 15 is 0 Å². The van der Waals surface area contributed by atoms with Crippen molar-refractivity contribution >= 4 is 34.7 Å². The SMILES string of the molecule is Cn1c(/C=C/C(=O)O)nc2c(Cl)cccc21. The zero-order valence-electron chi connectivity index (χ0n) is 8.51. The third-order valence-electron chi connectivity index (χ3n) is 2.27. The molecule has 0 amide bonds. The van der Waals surface area contributed by atoms with Gasteiger partial charge in [-0.15, -0.1) is 0 Å². The van der Waals surface area contributed by atoms with Crippen molar-refractivity contribution in [3.8, 4) is 0 Å². The maximum Gasteiger partial charge on any atom is 0.328 e. The van der Waals surface area contributed by atoms with E-state index in [4.69, 9.17) is 16.7 Å². The highest BCUT2D eigenvalue weighted by atomic mass is 35.5. The van der Waals surface area contributed by atoms with Gasteiger partial charge in [0.2, 0.25) is 0 Å². The Morgan fingerprint density at radius 2 is 2.31 bits per heavy atom. The minimum atomic E-state index is -1.00. The number of aliphatic carboxylic acids is 1. The Kier molecular flexibility index (Phi) is 2.66. The molecule has 1 N–H and O–H groups in total. The van der Waals surface area contributed by atoms with E-state index in [1.807, 2.05) is 19.2 Å². The van der Waals surface area contributed by atoms with Gasteiger partial charge in [-0.05, 0) is 18.2 Å². The molecule has 5 heteroatoms. The number of aryl methyl sites for hydroxylation is 1. The van der Waals surface area contributed by atoms with Crippen LogP contribution >= 0.6 is 11.6 Å². The van der Waals surface area contributed by atoms with Crippen molar-refractivity contribution < 1.29 is 9.90 Å². The fourth-order valence-electron chi connectivity index (χ4n) is 1.49. The highest BCUT2D eigenvalue weighted by Gasteiger charge is 2.07. The van der Waals surface area contributed by atoms with Crippen LogP contribution in [0.2, 0.25) is 5.02 Å². The van der Waals surface area contributed by atoms with Crippen molar-refractivity contribution in [3.63, 3.8) is 0 Å². The summed E-state index contributed by atoms with van der Waals surface area (Å²) in [5.41, 5.74) is 1.55. The summed E-state index contributed by atoms with van der Waals surface area (Å²) < 4.78 is 1.79. The Morgan fingerprint density at radius 1 is 1.56 bits per heavy atom. The first kappa shape index (κ1) is 10.7. The molecule has 82 valence electrons. The van der Waals surface area contributed by atoms with Gasteiger partial charge in [-0.1, -0.05) is 17.7 Å². The van der Waals surface area contributed by atoms with Crippen LogP contribution in [0.15, 0.2) is 24.3 Å². The molecule has 1 aromatic heterocycles. The fourth-order valence-corrected chi connectivity index (χ4v) is 1.70. The van der Waals surface area contributed by atoms with E-state index in [-0.39, 0.29) is 0 Å². The standard InChI is InChI=1S/C11H9ClN2O2/c1-14-8-4-2-3-7(12)11(8)13-9(14)5-6-10(15)16/h2-6H,1H3,(H,15,16)/b6-5+. The zero-order valence-corrected chi connectivity index (χ0v) is 9.27. The van der Waals surface area contributed by atoms with Crippen molar-refractivity contribution in [1.82, 2.24) is 9.55 Å². The number of carboxylic acids is 1. The van der Waals surface area contributed by atoms with Gasteiger partial charge in [-0.3, -0.25) is 0 Å². The number of imidazole rings is 1. The fraction of sp³-hybridized carbons (Fsp3) is 0.0909. The summed E-state index contributed by atoms with van der Waals surface area (Å²) in [6, 6.07) is 5.46. The van der Waals surface area contributed by atoms with Gasteiger partial charge in [0.15, 0.2) is 0 Å². The van der Waals surface area contributed by atoms with Crippen LogP contribution in [0.5, 0.6) is 0 Å². The molecule has 0 aliphatic carbocycles. The van der Waals surface area contributed by atoms with Gasteiger partial charge < -0.3 is 9.67 Å². The van der Waals surface area contributed by atoms with E-state index in [2.05, 4.69) is 4.98 Å². The van der Waals surface area contributed by atoms with Crippen LogP contribution in [0.1, 0.15) is 5.82 Å². The Morgan fingerprint density at radius 3 is 2.94 bits per heavy atom. The normalized spacial score (nSPS) is 11.4. The molecular weight excluding hydrogens is 228 g/mol. The molecule has 2 rings (SSSR count). The average molecular weight is 237 g/mol. The molecule has 0 bridgehead atoms. The second-order valence-electron chi connectivity index (χ2n) is 3.31. The number of carbonyl (C=O) groups is 1. The van der Waals surface area contributed by atoms with Crippen molar-refractivity contribution in [2.45, 2.75) is 0 Å². The molecule has 0 aliphatic heterocycles. The first-order valence-electron chi connectivity index (χ1n) is 4.61. The van der Waals surface area contributed by atoms with E-state index in [9.17, 15) is 4.79 Å². The third kappa shape index (κ3) is 1.79. The molecule has 0 saturated heterocycles. The lowest BCUT2D eigenvalue weighted by Gasteiger charge is -1.96. The maximum absolute atomic E-state index is 10.4. The van der Waals surface area contributed by atoms with Crippen molar-refractivity contribution in [2.75, 3.05) is 0 Å². The van der Waals surface area contributed by atoms with E-state index in [1.165, 1.54) is 6.08 Å². The average Bonchev–Trinajstić information content (AvgIpc) is 2.55. The predicted molar refractivity (Wildman–Crippen MR) is 62.4 cm³/mol. The number of fused-ring (bicyclic) bond motifs is 1. The van der Waals surface area contributed by atoms with E-state index in [1.54, 1.807) is 10.6 Å². The minimum Gasteiger partial charge on any atom is -0.478 e. The number of para-hydroxylation sites is 1. The number of hydrogen-bond donors (Lipinski definition) is 1. The molecule has 1 aromatic carbocycles. The second kappa shape index (κ2) is 3.98. The van der Waals surface area contributed by atoms with E-state index in [0.29, 0.717) is 16.4 Å². The van der Waals surface area contributed by atoms with Gasteiger partial charge in [-0.2, -0.15) is 0 Å². The van der Waals surface area contributed by atoms with Gasteiger partial charge in [0.1, 0.15) is 11.3 Å². The summed E-state index contributed by atoms with van der Waals surface area (Å²) in [5.74, 6) is -0.441. The lowest BCUT2D eigenvalue weighted by atomic mass is 10.3. The van der Waals surface area contributed by atoms with Crippen LogP contribution in [0.25, 0.3) is 17.1 Å². The summed E-state index contributed by atoms with van der Waals surface area (Å²) in [4.78, 5) is 14.7. The zero-order chi connectivity index (χ0) is 11.7. The summed E-state index contributed by atoms with van der Waals surface area (Å²) in [6.45, 7) is 0. The van der Waals surface area contributed by atoms with Gasteiger partial charge in [0.25, 0.3) is 0 Å². The number of nitrogens with zero attached hydrogens (tertiary/aromatic N) is 2.